The van der Waals surface area contributed by atoms with E-state index in [-0.39, 0.29) is 23.6 Å². The molecule has 0 unspecified atom stereocenters. The fourth-order valence-electron chi connectivity index (χ4n) is 1.82. The summed E-state index contributed by atoms with van der Waals surface area (Å²) in [6, 6.07) is 0. The van der Waals surface area contributed by atoms with Crippen LogP contribution >= 0.6 is 0 Å². The van der Waals surface area contributed by atoms with Crippen molar-refractivity contribution in [3.8, 4) is 5.75 Å². The molecule has 2 rings (SSSR count). The van der Waals surface area contributed by atoms with Crippen molar-refractivity contribution in [1.82, 2.24) is 14.2 Å². The first-order chi connectivity index (χ1) is 10.3. The molecule has 0 aliphatic rings. The summed E-state index contributed by atoms with van der Waals surface area (Å²) in [6.07, 6.45) is 3.21. The Morgan fingerprint density at radius 1 is 1.41 bits per heavy atom. The van der Waals surface area contributed by atoms with E-state index in [2.05, 4.69) is 5.10 Å². The van der Waals surface area contributed by atoms with Crippen LogP contribution in [0.4, 0.5) is 0 Å². The van der Waals surface area contributed by atoms with Gasteiger partial charge in [-0.05, 0) is 20.8 Å². The molecule has 0 aliphatic carbocycles. The van der Waals surface area contributed by atoms with E-state index >= 15 is 0 Å². The average Bonchev–Trinajstić information content (AvgIpc) is 2.83. The summed E-state index contributed by atoms with van der Waals surface area (Å²) in [5, 5.41) is 4.01. The molecule has 0 bridgehead atoms. The highest BCUT2D eigenvalue weighted by Gasteiger charge is 2.23. The summed E-state index contributed by atoms with van der Waals surface area (Å²) in [5.74, 6) is -0.292. The third kappa shape index (κ3) is 2.72. The highest BCUT2D eigenvalue weighted by atomic mass is 16.5. The highest BCUT2D eigenvalue weighted by Crippen LogP contribution is 2.22. The number of carbonyl (C=O) groups is 2. The number of hydrogen-bond acceptors (Lipinski definition) is 6. The molecule has 0 aliphatic heterocycles. The Morgan fingerprint density at radius 2 is 2.09 bits per heavy atom. The van der Waals surface area contributed by atoms with Crippen molar-refractivity contribution in [1.29, 1.82) is 0 Å². The van der Waals surface area contributed by atoms with Crippen LogP contribution in [0.3, 0.4) is 0 Å². The molecule has 0 fully saturated rings. The lowest BCUT2D eigenvalue weighted by molar-refractivity contribution is -0.157. The minimum atomic E-state index is -0.668. The molecule has 0 radical (unpaired) electrons. The first kappa shape index (κ1) is 15.7. The largest absolute Gasteiger partial charge is 0.493 e. The zero-order valence-electron chi connectivity index (χ0n) is 12.8. The number of methoxy groups -OCH3 is 1. The van der Waals surface area contributed by atoms with E-state index in [1.54, 1.807) is 20.8 Å². The van der Waals surface area contributed by atoms with Gasteiger partial charge in [0.2, 0.25) is 0 Å². The predicted molar refractivity (Wildman–Crippen MR) is 76.9 cm³/mol. The van der Waals surface area contributed by atoms with E-state index in [1.807, 2.05) is 0 Å². The molecule has 2 heterocycles. The Balaban J connectivity index is 2.41. The molecular weight excluding hydrogens is 290 g/mol. The summed E-state index contributed by atoms with van der Waals surface area (Å²) in [7, 11) is 1.36. The Labute approximate surface area is 126 Å². The molecule has 118 valence electrons. The van der Waals surface area contributed by atoms with E-state index < -0.39 is 16.9 Å². The lowest BCUT2D eigenvalue weighted by Crippen LogP contribution is -2.29. The van der Waals surface area contributed by atoms with Gasteiger partial charge in [0.15, 0.2) is 24.3 Å². The third-order valence-corrected chi connectivity index (χ3v) is 3.02. The molecule has 22 heavy (non-hydrogen) atoms. The van der Waals surface area contributed by atoms with Gasteiger partial charge in [0.25, 0.3) is 5.56 Å². The fourth-order valence-corrected chi connectivity index (χ4v) is 1.82. The van der Waals surface area contributed by atoms with Crippen LogP contribution in [0, 0.1) is 5.41 Å². The topological polar surface area (TPSA) is 91.9 Å². The lowest BCUT2D eigenvalue weighted by atomic mass is 9.98. The number of esters is 1. The minimum Gasteiger partial charge on any atom is -0.493 e. The molecule has 2 aromatic heterocycles. The summed E-state index contributed by atoms with van der Waals surface area (Å²) < 4.78 is 12.6. The molecule has 8 heteroatoms. The van der Waals surface area contributed by atoms with Gasteiger partial charge in [0.1, 0.15) is 6.33 Å². The fraction of sp³-hybridized carbons (Fsp3) is 0.429. The molecule has 0 saturated carbocycles. The summed E-state index contributed by atoms with van der Waals surface area (Å²) in [6.45, 7) is 4.88. The smallest absolute Gasteiger partial charge is 0.312 e. The summed E-state index contributed by atoms with van der Waals surface area (Å²) in [5.41, 5.74) is -0.810. The van der Waals surface area contributed by atoms with Gasteiger partial charge in [-0.1, -0.05) is 0 Å². The van der Waals surface area contributed by atoms with Crippen molar-refractivity contribution in [2.75, 3.05) is 7.11 Å². The van der Waals surface area contributed by atoms with Crippen LogP contribution in [0.5, 0.6) is 5.75 Å². The predicted octanol–water partition coefficient (Wildman–Crippen LogP) is 0.864. The lowest BCUT2D eigenvalue weighted by Gasteiger charge is -2.16. The SMILES string of the molecule is COc1c(C=O)cn2ncn(COC(=O)C(C)(C)C)c(=O)c12. The van der Waals surface area contributed by atoms with Gasteiger partial charge in [0.05, 0.1) is 18.1 Å². The number of fused-ring (bicyclic) bond motifs is 1. The Bertz CT molecular complexity index is 782. The number of carbonyl (C=O) groups excluding carboxylic acids is 2. The summed E-state index contributed by atoms with van der Waals surface area (Å²) in [4.78, 5) is 35.1. The zero-order chi connectivity index (χ0) is 16.5. The quantitative estimate of drug-likeness (QED) is 0.614. The normalized spacial score (nSPS) is 11.5. The highest BCUT2D eigenvalue weighted by molar-refractivity contribution is 5.85. The van der Waals surface area contributed by atoms with E-state index in [0.29, 0.717) is 6.29 Å². The molecule has 0 atom stereocenters. The van der Waals surface area contributed by atoms with Crippen molar-refractivity contribution >= 4 is 17.8 Å². The third-order valence-electron chi connectivity index (χ3n) is 3.02. The van der Waals surface area contributed by atoms with E-state index in [0.717, 1.165) is 4.57 Å². The number of nitrogens with zero attached hydrogens (tertiary/aromatic N) is 3. The minimum absolute atomic E-state index is 0.110. The van der Waals surface area contributed by atoms with Crippen molar-refractivity contribution in [2.24, 2.45) is 5.41 Å². The van der Waals surface area contributed by atoms with Crippen molar-refractivity contribution in [3.63, 3.8) is 0 Å². The van der Waals surface area contributed by atoms with E-state index in [4.69, 9.17) is 9.47 Å². The molecule has 8 nitrogen and oxygen atoms in total. The monoisotopic (exact) mass is 307 g/mol. The number of ether oxygens (including phenoxy) is 2. The van der Waals surface area contributed by atoms with Crippen LogP contribution in [0.1, 0.15) is 31.1 Å². The van der Waals surface area contributed by atoms with E-state index in [1.165, 1.54) is 24.1 Å². The second-order valence-electron chi connectivity index (χ2n) is 5.75. The Hall–Kier alpha value is -2.64. The van der Waals surface area contributed by atoms with Crippen molar-refractivity contribution < 1.29 is 19.1 Å². The molecule has 0 amide bonds. The zero-order valence-corrected chi connectivity index (χ0v) is 12.8. The molecule has 0 N–H and O–H groups in total. The number of aldehydes is 1. The number of aromatic nitrogens is 3. The average molecular weight is 307 g/mol. The Kier molecular flexibility index (Phi) is 4.03. The first-order valence-electron chi connectivity index (χ1n) is 6.56. The Morgan fingerprint density at radius 3 is 2.64 bits per heavy atom. The van der Waals surface area contributed by atoms with Crippen LogP contribution in [-0.2, 0) is 16.3 Å². The molecule has 2 aromatic rings. The van der Waals surface area contributed by atoms with Gasteiger partial charge >= 0.3 is 5.97 Å². The van der Waals surface area contributed by atoms with Crippen LogP contribution in [0.15, 0.2) is 17.3 Å². The maximum absolute atomic E-state index is 12.4. The van der Waals surface area contributed by atoms with Crippen LogP contribution in [0.2, 0.25) is 0 Å². The first-order valence-corrected chi connectivity index (χ1v) is 6.56. The van der Waals surface area contributed by atoms with Crippen LogP contribution < -0.4 is 10.3 Å². The second-order valence-corrected chi connectivity index (χ2v) is 5.75. The molecular formula is C14H17N3O5. The van der Waals surface area contributed by atoms with Crippen molar-refractivity contribution in [3.05, 3.63) is 28.4 Å². The van der Waals surface area contributed by atoms with Gasteiger partial charge < -0.3 is 9.47 Å². The van der Waals surface area contributed by atoms with Crippen LogP contribution in [-0.4, -0.2) is 33.5 Å². The van der Waals surface area contributed by atoms with Gasteiger partial charge in [-0.2, -0.15) is 5.10 Å². The maximum atomic E-state index is 12.4. The van der Waals surface area contributed by atoms with Crippen molar-refractivity contribution in [2.45, 2.75) is 27.5 Å². The molecule has 0 saturated heterocycles. The maximum Gasteiger partial charge on any atom is 0.312 e. The van der Waals surface area contributed by atoms with Gasteiger partial charge in [0, 0.05) is 6.20 Å². The van der Waals surface area contributed by atoms with Gasteiger partial charge in [-0.3, -0.25) is 19.0 Å². The summed E-state index contributed by atoms with van der Waals surface area (Å²) >= 11 is 0. The molecule has 0 aromatic carbocycles. The standard InChI is InChI=1S/C14H17N3O5/c1-14(2,3)13(20)22-8-16-7-15-17-5-9(6-18)11(21-4)10(17)12(16)19/h5-7H,8H2,1-4H3. The molecule has 0 spiro atoms. The van der Waals surface area contributed by atoms with Gasteiger partial charge in [-0.25, -0.2) is 4.52 Å². The number of hydrogen-bond donors (Lipinski definition) is 0. The second kappa shape index (κ2) is 5.63. The van der Waals surface area contributed by atoms with E-state index in [9.17, 15) is 14.4 Å². The van der Waals surface area contributed by atoms with Crippen LogP contribution in [0.25, 0.3) is 5.52 Å². The number of rotatable bonds is 4. The van der Waals surface area contributed by atoms with Gasteiger partial charge in [-0.15, -0.1) is 0 Å².